The summed E-state index contributed by atoms with van der Waals surface area (Å²) in [5.74, 6) is 0.752. The summed E-state index contributed by atoms with van der Waals surface area (Å²) in [6, 6.07) is 5.35. The summed E-state index contributed by atoms with van der Waals surface area (Å²) in [5.41, 5.74) is 0. The van der Waals surface area contributed by atoms with Crippen LogP contribution in [0.25, 0.3) is 0 Å². The zero-order valence-corrected chi connectivity index (χ0v) is 11.6. The van der Waals surface area contributed by atoms with Crippen molar-refractivity contribution in [3.8, 4) is 5.88 Å². The maximum atomic E-state index is 5.98. The maximum Gasteiger partial charge on any atom is 0.213 e. The van der Waals surface area contributed by atoms with Crippen molar-refractivity contribution in [2.75, 3.05) is 7.05 Å². The van der Waals surface area contributed by atoms with Gasteiger partial charge in [-0.15, -0.1) is 0 Å². The molecule has 0 unspecified atom stereocenters. The Morgan fingerprint density at radius 3 is 2.59 bits per heavy atom. The van der Waals surface area contributed by atoms with Crippen molar-refractivity contribution in [3.05, 3.63) is 22.8 Å². The van der Waals surface area contributed by atoms with E-state index >= 15 is 0 Å². The largest absolute Gasteiger partial charge is 0.474 e. The second kappa shape index (κ2) is 4.58. The third-order valence-electron chi connectivity index (χ3n) is 4.04. The maximum absolute atomic E-state index is 5.98. The molecule has 2 fully saturated rings. The van der Waals surface area contributed by atoms with Gasteiger partial charge in [-0.05, 0) is 54.7 Å². The fourth-order valence-corrected chi connectivity index (χ4v) is 3.30. The third-order valence-corrected chi connectivity index (χ3v) is 4.51. The van der Waals surface area contributed by atoms with E-state index in [9.17, 15) is 0 Å². The van der Waals surface area contributed by atoms with E-state index in [4.69, 9.17) is 4.74 Å². The number of ether oxygens (including phenoxy) is 1. The first-order valence-electron chi connectivity index (χ1n) is 6.22. The van der Waals surface area contributed by atoms with Gasteiger partial charge in [-0.2, -0.15) is 0 Å². The van der Waals surface area contributed by atoms with Crippen molar-refractivity contribution >= 4 is 15.9 Å². The molecule has 92 valence electrons. The Balaban J connectivity index is 1.65. The van der Waals surface area contributed by atoms with Gasteiger partial charge < -0.3 is 9.64 Å². The van der Waals surface area contributed by atoms with Crippen LogP contribution in [0, 0.1) is 0 Å². The summed E-state index contributed by atoms with van der Waals surface area (Å²) in [4.78, 5) is 6.80. The molecule has 0 aliphatic carbocycles. The average Bonchev–Trinajstić information content (AvgIpc) is 2.55. The first kappa shape index (κ1) is 11.5. The van der Waals surface area contributed by atoms with Gasteiger partial charge in [0, 0.05) is 28.8 Å². The van der Waals surface area contributed by atoms with E-state index in [2.05, 4.69) is 32.9 Å². The molecule has 0 aromatic carbocycles. The van der Waals surface area contributed by atoms with Gasteiger partial charge in [0.05, 0.1) is 0 Å². The fraction of sp³-hybridized carbons (Fsp3) is 0.615. The Morgan fingerprint density at radius 1 is 1.29 bits per heavy atom. The first-order valence-corrected chi connectivity index (χ1v) is 7.02. The quantitative estimate of drug-likeness (QED) is 0.839. The van der Waals surface area contributed by atoms with E-state index in [1.165, 1.54) is 12.8 Å². The van der Waals surface area contributed by atoms with Crippen LogP contribution in [-0.4, -0.2) is 35.1 Å². The van der Waals surface area contributed by atoms with E-state index in [1.807, 2.05) is 12.1 Å². The van der Waals surface area contributed by atoms with Crippen LogP contribution < -0.4 is 4.74 Å². The number of hydrogen-bond donors (Lipinski definition) is 0. The third kappa shape index (κ3) is 2.33. The number of rotatable bonds is 2. The fourth-order valence-electron chi connectivity index (χ4n) is 3.06. The molecule has 2 aliphatic heterocycles. The predicted octanol–water partition coefficient (Wildman–Crippen LogP) is 2.85. The number of fused-ring (bicyclic) bond motifs is 2. The molecule has 2 bridgehead atoms. The van der Waals surface area contributed by atoms with Crippen LogP contribution >= 0.6 is 15.9 Å². The standard InChI is InChI=1S/C13H17BrN2O/c1-16-10-3-4-11(16)7-12(6-10)17-13-5-2-9(14)8-15-13/h2,5,8,10-12H,3-4,6-7H2,1H3/t10-,11+,12-. The van der Waals surface area contributed by atoms with Gasteiger partial charge in [0.2, 0.25) is 5.88 Å². The minimum atomic E-state index is 0.345. The molecular formula is C13H17BrN2O. The molecule has 0 radical (unpaired) electrons. The molecule has 0 saturated carbocycles. The molecule has 1 aromatic heterocycles. The summed E-state index contributed by atoms with van der Waals surface area (Å²) in [7, 11) is 2.25. The van der Waals surface area contributed by atoms with Crippen LogP contribution in [-0.2, 0) is 0 Å². The SMILES string of the molecule is CN1[C@@H]2CC[C@H]1C[C@H](Oc1ccc(Br)cn1)C2. The van der Waals surface area contributed by atoms with Gasteiger partial charge in [0.25, 0.3) is 0 Å². The predicted molar refractivity (Wildman–Crippen MR) is 70.2 cm³/mol. The lowest BCUT2D eigenvalue weighted by Gasteiger charge is -2.36. The highest BCUT2D eigenvalue weighted by Gasteiger charge is 2.39. The Kier molecular flexibility index (Phi) is 3.09. The minimum absolute atomic E-state index is 0.345. The molecule has 0 spiro atoms. The lowest BCUT2D eigenvalue weighted by Crippen LogP contribution is -2.43. The Labute approximate surface area is 110 Å². The van der Waals surface area contributed by atoms with Crippen LogP contribution in [0.3, 0.4) is 0 Å². The molecule has 2 aliphatic rings. The number of halogens is 1. The van der Waals surface area contributed by atoms with Crippen molar-refractivity contribution in [2.45, 2.75) is 43.9 Å². The van der Waals surface area contributed by atoms with Crippen molar-refractivity contribution in [3.63, 3.8) is 0 Å². The molecule has 3 rings (SSSR count). The summed E-state index contributed by atoms with van der Waals surface area (Å²) in [6.45, 7) is 0. The van der Waals surface area contributed by atoms with E-state index in [0.29, 0.717) is 18.2 Å². The molecule has 17 heavy (non-hydrogen) atoms. The number of nitrogens with zero attached hydrogens (tertiary/aromatic N) is 2. The molecule has 2 saturated heterocycles. The molecule has 0 amide bonds. The highest BCUT2D eigenvalue weighted by molar-refractivity contribution is 9.10. The average molecular weight is 297 g/mol. The van der Waals surface area contributed by atoms with Gasteiger partial charge in [-0.25, -0.2) is 4.98 Å². The van der Waals surface area contributed by atoms with Crippen molar-refractivity contribution in [2.24, 2.45) is 0 Å². The summed E-state index contributed by atoms with van der Waals surface area (Å²) >= 11 is 3.38. The van der Waals surface area contributed by atoms with E-state index in [-0.39, 0.29) is 0 Å². The lowest BCUT2D eigenvalue weighted by molar-refractivity contribution is 0.0632. The summed E-state index contributed by atoms with van der Waals surface area (Å²) in [6.07, 6.45) is 7.08. The smallest absolute Gasteiger partial charge is 0.213 e. The highest BCUT2D eigenvalue weighted by atomic mass is 79.9. The monoisotopic (exact) mass is 296 g/mol. The van der Waals surface area contributed by atoms with Gasteiger partial charge in [-0.3, -0.25) is 0 Å². The van der Waals surface area contributed by atoms with Crippen molar-refractivity contribution in [1.82, 2.24) is 9.88 Å². The second-order valence-electron chi connectivity index (χ2n) is 5.08. The topological polar surface area (TPSA) is 25.4 Å². The zero-order chi connectivity index (χ0) is 11.8. The van der Waals surface area contributed by atoms with Gasteiger partial charge in [0.1, 0.15) is 6.10 Å². The van der Waals surface area contributed by atoms with E-state index < -0.39 is 0 Å². The first-order chi connectivity index (χ1) is 8.22. The molecule has 3 heterocycles. The number of hydrogen-bond acceptors (Lipinski definition) is 3. The minimum Gasteiger partial charge on any atom is -0.474 e. The highest BCUT2D eigenvalue weighted by Crippen LogP contribution is 2.35. The molecule has 0 N–H and O–H groups in total. The second-order valence-corrected chi connectivity index (χ2v) is 5.99. The lowest BCUT2D eigenvalue weighted by atomic mass is 10.0. The summed E-state index contributed by atoms with van der Waals surface area (Å²) < 4.78 is 6.97. The molecule has 3 nitrogen and oxygen atoms in total. The number of aromatic nitrogens is 1. The Bertz CT molecular complexity index is 381. The van der Waals surface area contributed by atoms with E-state index in [0.717, 1.165) is 23.2 Å². The molecule has 1 aromatic rings. The van der Waals surface area contributed by atoms with Crippen LogP contribution in [0.1, 0.15) is 25.7 Å². The zero-order valence-electron chi connectivity index (χ0n) is 9.97. The van der Waals surface area contributed by atoms with Crippen LogP contribution in [0.5, 0.6) is 5.88 Å². The Morgan fingerprint density at radius 2 is 2.00 bits per heavy atom. The van der Waals surface area contributed by atoms with Crippen LogP contribution in [0.4, 0.5) is 0 Å². The Hall–Kier alpha value is -0.610. The van der Waals surface area contributed by atoms with Crippen molar-refractivity contribution in [1.29, 1.82) is 0 Å². The van der Waals surface area contributed by atoms with Crippen LogP contribution in [0.15, 0.2) is 22.8 Å². The van der Waals surface area contributed by atoms with Crippen molar-refractivity contribution < 1.29 is 4.74 Å². The normalized spacial score (nSPS) is 32.7. The van der Waals surface area contributed by atoms with Gasteiger partial charge >= 0.3 is 0 Å². The van der Waals surface area contributed by atoms with E-state index in [1.54, 1.807) is 6.20 Å². The number of piperidine rings is 1. The number of pyridine rings is 1. The molecular weight excluding hydrogens is 280 g/mol. The molecule has 3 atom stereocenters. The van der Waals surface area contributed by atoms with Gasteiger partial charge in [0.15, 0.2) is 0 Å². The molecule has 4 heteroatoms. The van der Waals surface area contributed by atoms with Gasteiger partial charge in [-0.1, -0.05) is 0 Å². The van der Waals surface area contributed by atoms with Crippen LogP contribution in [0.2, 0.25) is 0 Å². The summed E-state index contributed by atoms with van der Waals surface area (Å²) in [5, 5.41) is 0.